The van der Waals surface area contributed by atoms with Crippen molar-refractivity contribution in [3.8, 4) is 17.2 Å². The average Bonchev–Trinajstić information content (AvgIpc) is 3.47. The van der Waals surface area contributed by atoms with Gasteiger partial charge in [-0.25, -0.2) is 4.98 Å². The molecule has 0 aliphatic carbocycles. The van der Waals surface area contributed by atoms with E-state index in [4.69, 9.17) is 18.6 Å². The van der Waals surface area contributed by atoms with Crippen LogP contribution in [0.25, 0.3) is 11.0 Å². The van der Waals surface area contributed by atoms with Crippen molar-refractivity contribution in [2.45, 2.75) is 20.8 Å². The van der Waals surface area contributed by atoms with Gasteiger partial charge in [-0.05, 0) is 39.0 Å². The third-order valence-corrected chi connectivity index (χ3v) is 6.08. The highest BCUT2D eigenvalue weighted by Crippen LogP contribution is 2.46. The number of furan rings is 1. The van der Waals surface area contributed by atoms with Crippen molar-refractivity contribution in [1.82, 2.24) is 4.98 Å². The third kappa shape index (κ3) is 4.44. The molecular weight excluding hydrogens is 454 g/mol. The van der Waals surface area contributed by atoms with Gasteiger partial charge in [-0.15, -0.1) is 10.2 Å². The standard InChI is InChI=1S/C24H25N5O4S/c1-13-7-9-16(10-8-13)27-28-23-15(3)25-24(34-23)29-26-14(2)18-19(30-4)17-11-12-33-20(17)22(32-6)21(18)31-5/h7-12H,1-6H3,(H,25,29)/b26-14+,28-27?. The van der Waals surface area contributed by atoms with E-state index >= 15 is 0 Å². The summed E-state index contributed by atoms with van der Waals surface area (Å²) in [5.74, 6) is 1.51. The highest BCUT2D eigenvalue weighted by Gasteiger charge is 2.26. The first-order valence-corrected chi connectivity index (χ1v) is 11.2. The Kier molecular flexibility index (Phi) is 6.78. The summed E-state index contributed by atoms with van der Waals surface area (Å²) >= 11 is 1.36. The molecule has 4 rings (SSSR count). The van der Waals surface area contributed by atoms with Crippen LogP contribution >= 0.6 is 11.3 Å². The lowest BCUT2D eigenvalue weighted by molar-refractivity contribution is 0.348. The van der Waals surface area contributed by atoms with Gasteiger partial charge in [0.2, 0.25) is 10.9 Å². The minimum atomic E-state index is 0.466. The molecule has 1 N–H and O–H groups in total. The number of anilines is 1. The van der Waals surface area contributed by atoms with Crippen molar-refractivity contribution in [2.24, 2.45) is 15.3 Å². The van der Waals surface area contributed by atoms with E-state index in [1.165, 1.54) is 16.9 Å². The monoisotopic (exact) mass is 479 g/mol. The second-order valence-electron chi connectivity index (χ2n) is 7.39. The van der Waals surface area contributed by atoms with E-state index < -0.39 is 0 Å². The molecule has 0 saturated carbocycles. The molecule has 0 amide bonds. The number of hydrogen-bond acceptors (Lipinski definition) is 10. The second kappa shape index (κ2) is 9.92. The van der Waals surface area contributed by atoms with E-state index in [9.17, 15) is 0 Å². The summed E-state index contributed by atoms with van der Waals surface area (Å²) in [7, 11) is 4.71. The number of aryl methyl sites for hydroxylation is 2. The molecule has 2 aromatic heterocycles. The zero-order chi connectivity index (χ0) is 24.2. The molecule has 176 valence electrons. The quantitative estimate of drug-likeness (QED) is 0.170. The van der Waals surface area contributed by atoms with Gasteiger partial charge in [0.05, 0.1) is 55.6 Å². The van der Waals surface area contributed by atoms with Crippen LogP contribution in [-0.2, 0) is 0 Å². The Balaban J connectivity index is 1.64. The molecule has 0 radical (unpaired) electrons. The maximum absolute atomic E-state index is 5.69. The molecule has 2 aromatic carbocycles. The predicted molar refractivity (Wildman–Crippen MR) is 134 cm³/mol. The van der Waals surface area contributed by atoms with Crippen LogP contribution < -0.4 is 19.6 Å². The van der Waals surface area contributed by atoms with Gasteiger partial charge in [0, 0.05) is 0 Å². The number of methoxy groups -OCH3 is 3. The van der Waals surface area contributed by atoms with E-state index in [-0.39, 0.29) is 0 Å². The van der Waals surface area contributed by atoms with Gasteiger partial charge in [0.15, 0.2) is 16.3 Å². The van der Waals surface area contributed by atoms with Gasteiger partial charge in [-0.2, -0.15) is 5.10 Å². The summed E-state index contributed by atoms with van der Waals surface area (Å²) < 4.78 is 22.5. The van der Waals surface area contributed by atoms with Crippen molar-refractivity contribution < 1.29 is 18.6 Å². The number of hydrogen-bond donors (Lipinski definition) is 1. The van der Waals surface area contributed by atoms with Gasteiger partial charge in [-0.3, -0.25) is 5.43 Å². The molecule has 0 aliphatic heterocycles. The number of benzene rings is 2. The Hall–Kier alpha value is -3.92. The molecular formula is C24H25N5O4S. The van der Waals surface area contributed by atoms with E-state index in [0.717, 1.165) is 16.8 Å². The number of ether oxygens (including phenoxy) is 3. The largest absolute Gasteiger partial charge is 0.495 e. The van der Waals surface area contributed by atoms with Gasteiger partial charge >= 0.3 is 0 Å². The maximum Gasteiger partial charge on any atom is 0.205 e. The normalized spacial score (nSPS) is 11.9. The fourth-order valence-electron chi connectivity index (χ4n) is 3.47. The lowest BCUT2D eigenvalue weighted by Crippen LogP contribution is -2.07. The van der Waals surface area contributed by atoms with Crippen LogP contribution in [-0.4, -0.2) is 32.0 Å². The van der Waals surface area contributed by atoms with Crippen LogP contribution in [0, 0.1) is 13.8 Å². The number of fused-ring (bicyclic) bond motifs is 1. The SMILES string of the molecule is COc1c(/C(C)=N/Nc2nc(C)c(N=Nc3ccc(C)cc3)s2)c(OC)c2ccoc2c1OC. The Labute approximate surface area is 201 Å². The first-order valence-electron chi connectivity index (χ1n) is 10.4. The van der Waals surface area contributed by atoms with Crippen molar-refractivity contribution >= 4 is 43.8 Å². The van der Waals surface area contributed by atoms with Crippen LogP contribution in [0.5, 0.6) is 17.2 Å². The first-order chi connectivity index (χ1) is 16.5. The van der Waals surface area contributed by atoms with Crippen LogP contribution in [0.1, 0.15) is 23.7 Å². The Morgan fingerprint density at radius 1 is 0.941 bits per heavy atom. The molecule has 2 heterocycles. The molecule has 34 heavy (non-hydrogen) atoms. The second-order valence-corrected chi connectivity index (χ2v) is 8.37. The molecule has 10 heteroatoms. The van der Waals surface area contributed by atoms with E-state index in [1.54, 1.807) is 27.6 Å². The fraction of sp³-hybridized carbons (Fsp3) is 0.250. The van der Waals surface area contributed by atoms with Gasteiger partial charge in [-0.1, -0.05) is 29.0 Å². The highest BCUT2D eigenvalue weighted by molar-refractivity contribution is 7.19. The summed E-state index contributed by atoms with van der Waals surface area (Å²) in [6.45, 7) is 5.76. The number of hydrazone groups is 1. The Morgan fingerprint density at radius 3 is 2.32 bits per heavy atom. The van der Waals surface area contributed by atoms with Crippen LogP contribution in [0.3, 0.4) is 0 Å². The number of nitrogens with one attached hydrogen (secondary N) is 1. The summed E-state index contributed by atoms with van der Waals surface area (Å²) in [5, 5.41) is 15.2. The number of thiazole rings is 1. The number of rotatable bonds is 8. The van der Waals surface area contributed by atoms with Crippen molar-refractivity contribution in [2.75, 3.05) is 26.8 Å². The zero-order valence-electron chi connectivity index (χ0n) is 19.8. The van der Waals surface area contributed by atoms with E-state index in [1.807, 2.05) is 51.1 Å². The third-order valence-electron chi connectivity index (χ3n) is 5.13. The van der Waals surface area contributed by atoms with E-state index in [2.05, 4.69) is 25.7 Å². The molecule has 0 aliphatic rings. The fourth-order valence-corrected chi connectivity index (χ4v) is 4.20. The van der Waals surface area contributed by atoms with Crippen molar-refractivity contribution in [3.63, 3.8) is 0 Å². The lowest BCUT2D eigenvalue weighted by atomic mass is 10.0. The topological polar surface area (TPSA) is 103 Å². The van der Waals surface area contributed by atoms with Crippen molar-refractivity contribution in [3.05, 3.63) is 53.4 Å². The van der Waals surface area contributed by atoms with Crippen LogP contribution in [0.15, 0.2) is 56.3 Å². The molecule has 9 nitrogen and oxygen atoms in total. The molecule has 0 atom stereocenters. The van der Waals surface area contributed by atoms with Gasteiger partial charge in [0.25, 0.3) is 0 Å². The van der Waals surface area contributed by atoms with Crippen LogP contribution in [0.2, 0.25) is 0 Å². The maximum atomic E-state index is 5.69. The van der Waals surface area contributed by atoms with Gasteiger partial charge < -0.3 is 18.6 Å². The lowest BCUT2D eigenvalue weighted by Gasteiger charge is -2.17. The molecule has 4 aromatic rings. The Bertz CT molecular complexity index is 1370. The average molecular weight is 480 g/mol. The molecule has 0 spiro atoms. The summed E-state index contributed by atoms with van der Waals surface area (Å²) in [4.78, 5) is 4.51. The predicted octanol–water partition coefficient (Wildman–Crippen LogP) is 6.78. The van der Waals surface area contributed by atoms with Crippen molar-refractivity contribution in [1.29, 1.82) is 0 Å². The van der Waals surface area contributed by atoms with Gasteiger partial charge in [0.1, 0.15) is 5.75 Å². The minimum Gasteiger partial charge on any atom is -0.495 e. The molecule has 0 fully saturated rings. The number of aromatic nitrogens is 1. The zero-order valence-corrected chi connectivity index (χ0v) is 20.6. The number of nitrogens with zero attached hydrogens (tertiary/aromatic N) is 4. The molecule has 0 unspecified atom stereocenters. The minimum absolute atomic E-state index is 0.466. The summed E-state index contributed by atoms with van der Waals surface area (Å²) in [6, 6.07) is 9.66. The Morgan fingerprint density at radius 2 is 1.65 bits per heavy atom. The smallest absolute Gasteiger partial charge is 0.205 e. The number of azo groups is 1. The highest BCUT2D eigenvalue weighted by atomic mass is 32.1. The summed E-state index contributed by atoms with van der Waals surface area (Å²) in [6.07, 6.45) is 1.58. The molecule has 0 bridgehead atoms. The summed E-state index contributed by atoms with van der Waals surface area (Å²) in [5.41, 5.74) is 7.53. The van der Waals surface area contributed by atoms with Crippen LogP contribution in [0.4, 0.5) is 15.8 Å². The molecule has 0 saturated heterocycles. The first kappa shape index (κ1) is 23.2. The van der Waals surface area contributed by atoms with E-state index in [0.29, 0.717) is 44.2 Å².